The zero-order valence-electron chi connectivity index (χ0n) is 30.5. The topological polar surface area (TPSA) is 154 Å². The number of alkyl carbamates (subject to hydrolysis) is 2. The summed E-state index contributed by atoms with van der Waals surface area (Å²) in [5.74, 6) is -1.38. The average molecular weight is 644 g/mol. The van der Waals surface area contributed by atoms with Crippen molar-refractivity contribution >= 4 is 25.3 Å². The van der Waals surface area contributed by atoms with Crippen molar-refractivity contribution in [1.29, 1.82) is 0 Å². The Morgan fingerprint density at radius 2 is 1.27 bits per heavy atom. The molecule has 1 unspecified atom stereocenters. The molecule has 0 aromatic carbocycles. The quantitative estimate of drug-likeness (QED) is 0.0915. The molecular formula is C32H62BN3O9. The summed E-state index contributed by atoms with van der Waals surface area (Å²) in [6.45, 7) is 27.5. The summed E-state index contributed by atoms with van der Waals surface area (Å²) >= 11 is 0. The second-order valence-electron chi connectivity index (χ2n) is 16.3. The molecule has 4 N–H and O–H groups in total. The first-order valence-corrected chi connectivity index (χ1v) is 16.1. The summed E-state index contributed by atoms with van der Waals surface area (Å²) < 4.78 is 28.9. The molecule has 0 spiro atoms. The first-order chi connectivity index (χ1) is 20.1. The number of ether oxygens (including phenoxy) is 3. The molecular weight excluding hydrogens is 581 g/mol. The lowest BCUT2D eigenvalue weighted by Gasteiger charge is -2.35. The van der Waals surface area contributed by atoms with Gasteiger partial charge in [0.05, 0.1) is 17.2 Å². The summed E-state index contributed by atoms with van der Waals surface area (Å²) in [5, 5.41) is 19.9. The highest BCUT2D eigenvalue weighted by molar-refractivity contribution is 6.45. The Hall–Kier alpha value is -2.09. The van der Waals surface area contributed by atoms with Crippen molar-refractivity contribution in [1.82, 2.24) is 16.0 Å². The van der Waals surface area contributed by atoms with E-state index in [2.05, 4.69) is 16.0 Å². The molecule has 262 valence electrons. The van der Waals surface area contributed by atoms with E-state index in [1.807, 2.05) is 41.5 Å². The van der Waals surface area contributed by atoms with Crippen molar-refractivity contribution < 1.29 is 43.0 Å². The van der Waals surface area contributed by atoms with Crippen molar-refractivity contribution in [2.75, 3.05) is 6.54 Å². The van der Waals surface area contributed by atoms with Gasteiger partial charge in [-0.3, -0.25) is 10.1 Å². The minimum absolute atomic E-state index is 0.0494. The van der Waals surface area contributed by atoms with Crippen molar-refractivity contribution in [2.45, 2.75) is 169 Å². The van der Waals surface area contributed by atoms with Crippen molar-refractivity contribution in [3.8, 4) is 0 Å². The molecule has 1 saturated heterocycles. The van der Waals surface area contributed by atoms with Gasteiger partial charge < -0.3 is 39.3 Å². The molecule has 12 nitrogen and oxygen atoms in total. The van der Waals surface area contributed by atoms with Gasteiger partial charge in [-0.2, -0.15) is 0 Å². The maximum Gasteiger partial charge on any atom is 0.457 e. The van der Waals surface area contributed by atoms with Crippen LogP contribution in [-0.4, -0.2) is 83.2 Å². The zero-order chi connectivity index (χ0) is 35.2. The number of rotatable bonds is 13. The maximum absolute atomic E-state index is 13.7. The van der Waals surface area contributed by atoms with Crippen LogP contribution in [0, 0.1) is 11.8 Å². The first kappa shape index (κ1) is 40.9. The second kappa shape index (κ2) is 15.7. The average Bonchev–Trinajstić information content (AvgIpc) is 3.00. The molecule has 1 heterocycles. The van der Waals surface area contributed by atoms with E-state index in [-0.39, 0.29) is 12.5 Å². The Balaban J connectivity index is 3.30. The van der Waals surface area contributed by atoms with Crippen LogP contribution in [-0.2, 0) is 28.3 Å². The summed E-state index contributed by atoms with van der Waals surface area (Å²) in [6.07, 6.45) is -1.11. The van der Waals surface area contributed by atoms with E-state index >= 15 is 0 Å². The van der Waals surface area contributed by atoms with Crippen LogP contribution in [0.5, 0.6) is 0 Å². The van der Waals surface area contributed by atoms with Crippen LogP contribution < -0.4 is 16.0 Å². The third-order valence-electron chi connectivity index (χ3n) is 7.45. The summed E-state index contributed by atoms with van der Waals surface area (Å²) in [7, 11) is -0.434. The smallest absolute Gasteiger partial charge is 0.457 e. The molecule has 0 bridgehead atoms. The lowest BCUT2D eigenvalue weighted by Crippen LogP contribution is -2.60. The molecule has 0 aliphatic carbocycles. The van der Waals surface area contributed by atoms with E-state index < -0.39 is 77.5 Å². The van der Waals surface area contributed by atoms with Crippen LogP contribution in [0.4, 0.5) is 9.59 Å². The number of nitrogens with one attached hydrogen (secondary N) is 3. The number of aliphatic hydroxyl groups excluding tert-OH is 1. The van der Waals surface area contributed by atoms with Crippen LogP contribution in [0.2, 0.25) is 6.32 Å². The molecule has 2 amide bonds. The summed E-state index contributed by atoms with van der Waals surface area (Å²) in [4.78, 5) is 39.0. The highest BCUT2D eigenvalue weighted by Crippen LogP contribution is 2.38. The lowest BCUT2D eigenvalue weighted by atomic mass is 9.80. The maximum atomic E-state index is 13.7. The van der Waals surface area contributed by atoms with E-state index in [0.717, 1.165) is 0 Å². The number of hydrogen-bond donors (Lipinski definition) is 4. The Morgan fingerprint density at radius 1 is 0.800 bits per heavy atom. The van der Waals surface area contributed by atoms with Crippen LogP contribution >= 0.6 is 0 Å². The summed E-state index contributed by atoms with van der Waals surface area (Å²) in [5.41, 5.74) is -3.23. The fraction of sp³-hybridized carbons (Fsp3) is 0.906. The van der Waals surface area contributed by atoms with Gasteiger partial charge in [0.1, 0.15) is 29.1 Å². The predicted octanol–water partition coefficient (Wildman–Crippen LogP) is 5.17. The fourth-order valence-electron chi connectivity index (χ4n) is 4.65. The molecule has 1 rings (SSSR count). The van der Waals surface area contributed by atoms with Gasteiger partial charge in [-0.25, -0.2) is 9.59 Å². The lowest BCUT2D eigenvalue weighted by molar-refractivity contribution is -0.160. The highest BCUT2D eigenvalue weighted by Gasteiger charge is 2.50. The fourth-order valence-corrected chi connectivity index (χ4v) is 4.65. The van der Waals surface area contributed by atoms with Gasteiger partial charge in [-0.1, -0.05) is 20.3 Å². The first-order valence-electron chi connectivity index (χ1n) is 16.1. The molecule has 0 aromatic heterocycles. The SMILES string of the molecule is CC(C)[C@H](NC(=O)OC(C)(C)C)C(O)N[C@H](C(=O)OC(C)(C)C)[C@@H](CCCB1OC(C)(C)C(C)(C)O1)CNC(=O)OC(C)(C)C. The number of carbonyl (C=O) groups excluding carboxylic acids is 3. The van der Waals surface area contributed by atoms with Gasteiger partial charge in [-0.05, 0) is 109 Å². The van der Waals surface area contributed by atoms with Gasteiger partial charge in [0.15, 0.2) is 0 Å². The van der Waals surface area contributed by atoms with E-state index in [9.17, 15) is 19.5 Å². The van der Waals surface area contributed by atoms with Crippen molar-refractivity contribution in [2.24, 2.45) is 11.8 Å². The zero-order valence-corrected chi connectivity index (χ0v) is 30.5. The molecule has 1 fully saturated rings. The standard InChI is InChI=1S/C32H62BN3O9/c1-20(2)22(36-27(40)43-30(9,10)11)24(37)35-23(25(38)41-28(3,4)5)21(19-34-26(39)42-29(6,7)8)17-16-18-33-44-31(12,13)32(14,15)45-33/h20-24,35,37H,16-19H2,1-15H3,(H,34,39)(H,36,40)/t21-,22-,23-,24?/m0/s1. The van der Waals surface area contributed by atoms with E-state index in [1.54, 1.807) is 62.3 Å². The molecule has 1 aliphatic heterocycles. The highest BCUT2D eigenvalue weighted by atomic mass is 16.7. The normalized spacial score (nSPS) is 19.4. The molecule has 0 radical (unpaired) electrons. The molecule has 0 aromatic rings. The van der Waals surface area contributed by atoms with Crippen LogP contribution in [0.25, 0.3) is 0 Å². The Morgan fingerprint density at radius 3 is 1.71 bits per heavy atom. The Labute approximate surface area is 271 Å². The van der Waals surface area contributed by atoms with Crippen LogP contribution in [0.1, 0.15) is 117 Å². The van der Waals surface area contributed by atoms with Crippen molar-refractivity contribution in [3.63, 3.8) is 0 Å². The molecule has 13 heteroatoms. The van der Waals surface area contributed by atoms with Crippen LogP contribution in [0.3, 0.4) is 0 Å². The van der Waals surface area contributed by atoms with Gasteiger partial charge >= 0.3 is 25.3 Å². The predicted molar refractivity (Wildman–Crippen MR) is 175 cm³/mol. The molecule has 4 atom stereocenters. The van der Waals surface area contributed by atoms with Crippen molar-refractivity contribution in [3.05, 3.63) is 0 Å². The Bertz CT molecular complexity index is 968. The Kier molecular flexibility index (Phi) is 14.3. The van der Waals surface area contributed by atoms with Gasteiger partial charge in [0.25, 0.3) is 0 Å². The largest absolute Gasteiger partial charge is 0.459 e. The number of hydrogen-bond acceptors (Lipinski definition) is 10. The van der Waals surface area contributed by atoms with E-state index in [1.165, 1.54) is 0 Å². The monoisotopic (exact) mass is 643 g/mol. The third-order valence-corrected chi connectivity index (χ3v) is 7.45. The van der Waals surface area contributed by atoms with Gasteiger partial charge in [0, 0.05) is 12.5 Å². The van der Waals surface area contributed by atoms with E-state index in [4.69, 9.17) is 23.5 Å². The molecule has 1 aliphatic rings. The number of aliphatic hydroxyl groups is 1. The minimum Gasteiger partial charge on any atom is -0.459 e. The number of amides is 2. The summed E-state index contributed by atoms with van der Waals surface area (Å²) in [6, 6.07) is -1.87. The van der Waals surface area contributed by atoms with E-state index in [0.29, 0.717) is 19.2 Å². The van der Waals surface area contributed by atoms with Gasteiger partial charge in [0.2, 0.25) is 0 Å². The molecule has 0 saturated carbocycles. The number of carbonyl (C=O) groups is 3. The minimum atomic E-state index is -1.36. The second-order valence-corrected chi connectivity index (χ2v) is 16.3. The van der Waals surface area contributed by atoms with Crippen LogP contribution in [0.15, 0.2) is 0 Å². The number of esters is 1. The third kappa shape index (κ3) is 14.9. The van der Waals surface area contributed by atoms with Gasteiger partial charge in [-0.15, -0.1) is 0 Å². The molecule has 45 heavy (non-hydrogen) atoms.